The zero-order chi connectivity index (χ0) is 30.9. The van der Waals surface area contributed by atoms with Crippen LogP contribution in [-0.2, 0) is 16.0 Å². The summed E-state index contributed by atoms with van der Waals surface area (Å²) in [6.45, 7) is 4.77. The molecule has 12 heteroatoms. The lowest BCUT2D eigenvalue weighted by atomic mass is 10.1. The maximum atomic E-state index is 15.0. The van der Waals surface area contributed by atoms with Crippen LogP contribution in [0, 0.1) is 17.5 Å². The van der Waals surface area contributed by atoms with Crippen LogP contribution in [-0.4, -0.2) is 68.6 Å². The van der Waals surface area contributed by atoms with Gasteiger partial charge >= 0.3 is 0 Å². The molecule has 2 heterocycles. The number of ether oxygens (including phenoxy) is 4. The number of fused-ring (bicyclic) bond motifs is 1. The molecule has 0 unspecified atom stereocenters. The fraction of sp³-hybridized carbons (Fsp3) is 0.281. The van der Waals surface area contributed by atoms with Gasteiger partial charge in [0.25, 0.3) is 0 Å². The highest BCUT2D eigenvalue weighted by Crippen LogP contribution is 2.37. The minimum Gasteiger partial charge on any atom is -0.493 e. The van der Waals surface area contributed by atoms with E-state index in [0.717, 1.165) is 51.4 Å². The van der Waals surface area contributed by atoms with Crippen LogP contribution in [0.25, 0.3) is 10.9 Å². The summed E-state index contributed by atoms with van der Waals surface area (Å²) in [6, 6.07) is 12.5. The predicted molar refractivity (Wildman–Crippen MR) is 158 cm³/mol. The molecule has 4 aromatic rings. The minimum absolute atomic E-state index is 0.0413. The van der Waals surface area contributed by atoms with Crippen LogP contribution in [0.1, 0.15) is 17.5 Å². The van der Waals surface area contributed by atoms with E-state index in [1.54, 1.807) is 37.6 Å². The topological polar surface area (TPSA) is 94.5 Å². The van der Waals surface area contributed by atoms with Crippen LogP contribution in [0.5, 0.6) is 23.0 Å². The minimum atomic E-state index is -1.03. The highest BCUT2D eigenvalue weighted by molar-refractivity contribution is 5.88. The van der Waals surface area contributed by atoms with E-state index in [4.69, 9.17) is 18.9 Å². The largest absolute Gasteiger partial charge is 0.493 e. The highest BCUT2D eigenvalue weighted by atomic mass is 19.2. The van der Waals surface area contributed by atoms with Gasteiger partial charge in [0.2, 0.25) is 5.91 Å². The van der Waals surface area contributed by atoms with Crippen molar-refractivity contribution < 1.29 is 36.9 Å². The molecule has 1 saturated heterocycles. The van der Waals surface area contributed by atoms with Crippen molar-refractivity contribution in [2.45, 2.75) is 12.8 Å². The molecule has 0 aliphatic carbocycles. The molecule has 0 atom stereocenters. The molecule has 1 amide bonds. The summed E-state index contributed by atoms with van der Waals surface area (Å²) in [5.41, 5.74) is 3.51. The Hall–Kier alpha value is -4.68. The molecule has 0 bridgehead atoms. The van der Waals surface area contributed by atoms with Crippen LogP contribution in [0.3, 0.4) is 0 Å². The monoisotopic (exact) mass is 608 g/mol. The summed E-state index contributed by atoms with van der Waals surface area (Å²) in [4.78, 5) is 19.0. The molecule has 44 heavy (non-hydrogen) atoms. The number of hydrogen-bond acceptors (Lipinski definition) is 8. The van der Waals surface area contributed by atoms with E-state index in [1.807, 2.05) is 0 Å². The summed E-state index contributed by atoms with van der Waals surface area (Å²) < 4.78 is 64.2. The predicted octanol–water partition coefficient (Wildman–Crippen LogP) is 5.25. The van der Waals surface area contributed by atoms with E-state index in [9.17, 15) is 13.6 Å². The molecule has 0 saturated carbocycles. The second kappa shape index (κ2) is 14.7. The van der Waals surface area contributed by atoms with Crippen molar-refractivity contribution in [3.8, 4) is 23.0 Å². The van der Waals surface area contributed by atoms with Gasteiger partial charge in [-0.25, -0.2) is 18.6 Å². The molecular formula is C32H31F3N4O5. The second-order valence-electron chi connectivity index (χ2n) is 10.00. The normalized spacial score (nSPS) is 13.7. The maximum absolute atomic E-state index is 15.0. The molecule has 1 N–H and O–H groups in total. The SMILES string of the molecule is COc1cc2c(Oc3ccc(CC(=O)N/N=C/c4ccc(F)c(F)c4)cc3F)ccnc2cc1OCCCN1CCOCC1. The van der Waals surface area contributed by atoms with Crippen molar-refractivity contribution in [2.75, 3.05) is 46.6 Å². The number of halogens is 3. The molecule has 1 fully saturated rings. The Kier molecular flexibility index (Phi) is 10.3. The number of carbonyl (C=O) groups excluding carboxylic acids is 1. The molecule has 0 spiro atoms. The number of hydrogen-bond donors (Lipinski definition) is 1. The zero-order valence-electron chi connectivity index (χ0n) is 24.0. The molecule has 0 radical (unpaired) electrons. The van der Waals surface area contributed by atoms with Crippen molar-refractivity contribution in [1.29, 1.82) is 0 Å². The average molecular weight is 609 g/mol. The highest BCUT2D eigenvalue weighted by Gasteiger charge is 2.15. The van der Waals surface area contributed by atoms with Crippen LogP contribution < -0.4 is 19.6 Å². The Morgan fingerprint density at radius 1 is 0.977 bits per heavy atom. The third-order valence-corrected chi connectivity index (χ3v) is 6.89. The first kappa shape index (κ1) is 30.8. The quantitative estimate of drug-likeness (QED) is 0.133. The van der Waals surface area contributed by atoms with Gasteiger partial charge in [0.1, 0.15) is 5.75 Å². The molecule has 5 rings (SSSR count). The van der Waals surface area contributed by atoms with Crippen molar-refractivity contribution in [3.05, 3.63) is 89.4 Å². The lowest BCUT2D eigenvalue weighted by Crippen LogP contribution is -2.37. The van der Waals surface area contributed by atoms with E-state index in [2.05, 4.69) is 20.4 Å². The number of rotatable bonds is 12. The van der Waals surface area contributed by atoms with Gasteiger partial charge in [-0.1, -0.05) is 12.1 Å². The number of aromatic nitrogens is 1. The van der Waals surface area contributed by atoms with Gasteiger partial charge in [0, 0.05) is 37.3 Å². The first-order valence-electron chi connectivity index (χ1n) is 14.0. The average Bonchev–Trinajstić information content (AvgIpc) is 3.02. The van der Waals surface area contributed by atoms with Gasteiger partial charge in [-0.3, -0.25) is 14.7 Å². The lowest BCUT2D eigenvalue weighted by Gasteiger charge is -2.26. The number of pyridine rings is 1. The van der Waals surface area contributed by atoms with Crippen LogP contribution in [0.4, 0.5) is 13.2 Å². The molecule has 1 aromatic heterocycles. The van der Waals surface area contributed by atoms with Crippen molar-refractivity contribution in [1.82, 2.24) is 15.3 Å². The van der Waals surface area contributed by atoms with Crippen LogP contribution in [0.15, 0.2) is 65.9 Å². The lowest BCUT2D eigenvalue weighted by molar-refractivity contribution is -0.120. The Morgan fingerprint density at radius 3 is 2.59 bits per heavy atom. The number of nitrogens with one attached hydrogen (secondary N) is 1. The molecule has 1 aliphatic heterocycles. The van der Waals surface area contributed by atoms with E-state index in [1.165, 1.54) is 24.4 Å². The van der Waals surface area contributed by atoms with E-state index in [-0.39, 0.29) is 17.7 Å². The fourth-order valence-corrected chi connectivity index (χ4v) is 4.64. The van der Waals surface area contributed by atoms with Crippen LogP contribution >= 0.6 is 0 Å². The second-order valence-corrected chi connectivity index (χ2v) is 10.00. The van der Waals surface area contributed by atoms with E-state index >= 15 is 4.39 Å². The molecule has 1 aliphatic rings. The maximum Gasteiger partial charge on any atom is 0.244 e. The smallest absolute Gasteiger partial charge is 0.244 e. The van der Waals surface area contributed by atoms with Crippen molar-refractivity contribution in [3.63, 3.8) is 0 Å². The van der Waals surface area contributed by atoms with Gasteiger partial charge in [-0.05, 0) is 53.9 Å². The Labute approximate surface area is 252 Å². The van der Waals surface area contributed by atoms with Gasteiger partial charge in [0.05, 0.1) is 45.1 Å². The Balaban J connectivity index is 1.20. The zero-order valence-corrected chi connectivity index (χ0v) is 24.0. The molecular weight excluding hydrogens is 577 g/mol. The van der Waals surface area contributed by atoms with Gasteiger partial charge in [-0.2, -0.15) is 5.10 Å². The van der Waals surface area contributed by atoms with Crippen molar-refractivity contribution in [2.24, 2.45) is 5.10 Å². The summed E-state index contributed by atoms with van der Waals surface area (Å²) in [5, 5.41) is 4.33. The number of benzene rings is 3. The standard InChI is InChI=1S/C32H31F3N4O5/c1-41-30-18-23-27(19-31(30)43-12-2-9-39-10-13-42-14-11-39)36-8-7-28(23)44-29-6-4-21(15-26(29)35)17-32(40)38-37-20-22-3-5-24(33)25(34)16-22/h3-8,15-16,18-20H,2,9-14,17H2,1H3,(H,38,40)/b37-20+. The Bertz CT molecular complexity index is 1650. The number of amides is 1. The molecule has 9 nitrogen and oxygen atoms in total. The third kappa shape index (κ3) is 8.03. The summed E-state index contributed by atoms with van der Waals surface area (Å²) >= 11 is 0. The third-order valence-electron chi connectivity index (χ3n) is 6.89. The molecule has 230 valence electrons. The number of morpholine rings is 1. The fourth-order valence-electron chi connectivity index (χ4n) is 4.64. The van der Waals surface area contributed by atoms with Gasteiger partial charge < -0.3 is 18.9 Å². The number of methoxy groups -OCH3 is 1. The number of carbonyl (C=O) groups is 1. The van der Waals surface area contributed by atoms with Crippen molar-refractivity contribution >= 4 is 23.0 Å². The Morgan fingerprint density at radius 2 is 1.82 bits per heavy atom. The first-order valence-corrected chi connectivity index (χ1v) is 14.0. The number of hydrazone groups is 1. The summed E-state index contributed by atoms with van der Waals surface area (Å²) in [5.74, 6) is -1.83. The van der Waals surface area contributed by atoms with Crippen LogP contribution in [0.2, 0.25) is 0 Å². The van der Waals surface area contributed by atoms with E-state index < -0.39 is 23.4 Å². The molecule has 3 aromatic carbocycles. The van der Waals surface area contributed by atoms with Gasteiger partial charge in [0.15, 0.2) is 34.7 Å². The first-order chi connectivity index (χ1) is 21.4. The number of nitrogens with zero attached hydrogens (tertiary/aromatic N) is 3. The summed E-state index contributed by atoms with van der Waals surface area (Å²) in [7, 11) is 1.54. The van der Waals surface area contributed by atoms with E-state index in [0.29, 0.717) is 40.3 Å². The van der Waals surface area contributed by atoms with Gasteiger partial charge in [-0.15, -0.1) is 0 Å². The summed E-state index contributed by atoms with van der Waals surface area (Å²) in [6.07, 6.45) is 3.41.